The van der Waals surface area contributed by atoms with E-state index in [1.807, 2.05) is 24.3 Å². The van der Waals surface area contributed by atoms with Crippen LogP contribution in [0.1, 0.15) is 11.4 Å². The lowest BCUT2D eigenvalue weighted by atomic mass is 10.3. The van der Waals surface area contributed by atoms with Crippen molar-refractivity contribution in [3.8, 4) is 0 Å². The van der Waals surface area contributed by atoms with Crippen molar-refractivity contribution in [3.63, 3.8) is 0 Å². The zero-order valence-electron chi connectivity index (χ0n) is 8.66. The molecular formula is C10H9NO3S3. The predicted molar refractivity (Wildman–Crippen MR) is 72.4 cm³/mol. The van der Waals surface area contributed by atoms with E-state index >= 15 is 0 Å². The average Bonchev–Trinajstić information content (AvgIpc) is 2.68. The molecule has 17 heavy (non-hydrogen) atoms. The van der Waals surface area contributed by atoms with Gasteiger partial charge in [0.15, 0.2) is 0 Å². The van der Waals surface area contributed by atoms with Gasteiger partial charge in [0.05, 0.1) is 20.8 Å². The first-order chi connectivity index (χ1) is 7.96. The minimum atomic E-state index is -3.97. The molecule has 0 aliphatic rings. The van der Waals surface area contributed by atoms with Crippen molar-refractivity contribution in [3.05, 3.63) is 29.3 Å². The van der Waals surface area contributed by atoms with Crippen LogP contribution >= 0.6 is 23.6 Å². The number of rotatable bonds is 4. The number of benzene rings is 1. The number of hydrogen-bond acceptors (Lipinski definition) is 5. The van der Waals surface area contributed by atoms with Crippen molar-refractivity contribution in [2.24, 2.45) is 0 Å². The van der Waals surface area contributed by atoms with Gasteiger partial charge < -0.3 is 0 Å². The highest BCUT2D eigenvalue weighted by Crippen LogP contribution is 2.23. The van der Waals surface area contributed by atoms with Crippen LogP contribution in [-0.4, -0.2) is 28.6 Å². The number of thiazole rings is 1. The minimum Gasteiger partial charge on any atom is -0.286 e. The summed E-state index contributed by atoms with van der Waals surface area (Å²) >= 11 is 6.53. The lowest BCUT2D eigenvalue weighted by Gasteiger charge is -1.97. The van der Waals surface area contributed by atoms with Crippen molar-refractivity contribution >= 4 is 48.8 Å². The first-order valence-electron chi connectivity index (χ1n) is 4.80. The monoisotopic (exact) mass is 287 g/mol. The van der Waals surface area contributed by atoms with E-state index in [4.69, 9.17) is 16.8 Å². The molecule has 90 valence electrons. The first-order valence-corrected chi connectivity index (χ1v) is 7.63. The normalized spacial score (nSPS) is 11.8. The molecule has 0 atom stereocenters. The van der Waals surface area contributed by atoms with Crippen LogP contribution in [0.3, 0.4) is 0 Å². The molecule has 0 saturated heterocycles. The van der Waals surface area contributed by atoms with Crippen LogP contribution in [0.2, 0.25) is 0 Å². The lowest BCUT2D eigenvalue weighted by Crippen LogP contribution is -2.09. The van der Waals surface area contributed by atoms with Gasteiger partial charge in [-0.05, 0) is 12.1 Å². The van der Waals surface area contributed by atoms with Crippen molar-refractivity contribution in [1.82, 2.24) is 4.98 Å². The molecule has 0 unspecified atom stereocenters. The molecule has 0 spiro atoms. The standard InChI is InChI=1S/C10H9NO3S3/c12-17(13,14)6-5-8(15)10-11-7-3-1-2-4-9(7)16-10/h1-4H,5-6H2,(H,12,13,14). The summed E-state index contributed by atoms with van der Waals surface area (Å²) in [4.78, 5) is 4.78. The van der Waals surface area contributed by atoms with Crippen LogP contribution < -0.4 is 0 Å². The van der Waals surface area contributed by atoms with E-state index in [2.05, 4.69) is 4.98 Å². The van der Waals surface area contributed by atoms with Crippen LogP contribution in [0, 0.1) is 0 Å². The molecule has 7 heteroatoms. The highest BCUT2D eigenvalue weighted by atomic mass is 32.2. The highest BCUT2D eigenvalue weighted by molar-refractivity contribution is 7.86. The summed E-state index contributed by atoms with van der Waals surface area (Å²) < 4.78 is 30.9. The third kappa shape index (κ3) is 3.29. The number of hydrogen-bond donors (Lipinski definition) is 1. The summed E-state index contributed by atoms with van der Waals surface area (Å²) in [7, 11) is -3.97. The van der Waals surface area contributed by atoms with Gasteiger partial charge in [-0.2, -0.15) is 8.42 Å². The van der Waals surface area contributed by atoms with E-state index in [9.17, 15) is 8.42 Å². The minimum absolute atomic E-state index is 0.119. The molecule has 4 nitrogen and oxygen atoms in total. The Bertz CT molecular complexity index is 627. The molecule has 1 aromatic heterocycles. The molecule has 0 radical (unpaired) electrons. The van der Waals surface area contributed by atoms with Crippen LogP contribution in [-0.2, 0) is 10.1 Å². The third-order valence-electron chi connectivity index (χ3n) is 2.12. The Hall–Kier alpha value is -0.890. The summed E-state index contributed by atoms with van der Waals surface area (Å²) in [6.45, 7) is 0. The molecule has 0 aliphatic heterocycles. The van der Waals surface area contributed by atoms with E-state index in [0.717, 1.165) is 10.2 Å². The van der Waals surface area contributed by atoms with Crippen LogP contribution in [0.15, 0.2) is 24.3 Å². The van der Waals surface area contributed by atoms with Crippen LogP contribution in [0.5, 0.6) is 0 Å². The first kappa shape index (κ1) is 12.6. The fraction of sp³-hybridized carbons (Fsp3) is 0.200. The molecule has 0 aliphatic carbocycles. The summed E-state index contributed by atoms with van der Waals surface area (Å²) in [5.41, 5.74) is 0.849. The smallest absolute Gasteiger partial charge is 0.265 e. The largest absolute Gasteiger partial charge is 0.286 e. The van der Waals surface area contributed by atoms with E-state index in [1.54, 1.807) is 0 Å². The number of para-hydroxylation sites is 1. The topological polar surface area (TPSA) is 67.3 Å². The fourth-order valence-corrected chi connectivity index (χ4v) is 3.12. The van der Waals surface area contributed by atoms with Crippen molar-refractivity contribution in [2.75, 3.05) is 5.75 Å². The highest BCUT2D eigenvalue weighted by Gasteiger charge is 2.12. The Labute approximate surface area is 108 Å². The summed E-state index contributed by atoms with van der Waals surface area (Å²) in [6.07, 6.45) is 0.119. The Morgan fingerprint density at radius 3 is 2.76 bits per heavy atom. The molecular weight excluding hydrogens is 278 g/mol. The Balaban J connectivity index is 2.19. The van der Waals surface area contributed by atoms with Gasteiger partial charge in [0.2, 0.25) is 0 Å². The van der Waals surface area contributed by atoms with Gasteiger partial charge in [-0.3, -0.25) is 4.55 Å². The van der Waals surface area contributed by atoms with Gasteiger partial charge in [0, 0.05) is 6.42 Å². The van der Waals surface area contributed by atoms with Crippen LogP contribution in [0.25, 0.3) is 10.2 Å². The summed E-state index contributed by atoms with van der Waals surface area (Å²) in [6, 6.07) is 7.60. The number of thiocarbonyl (C=S) groups is 1. The molecule has 2 rings (SSSR count). The van der Waals surface area contributed by atoms with E-state index in [-0.39, 0.29) is 12.2 Å². The summed E-state index contributed by atoms with van der Waals surface area (Å²) in [5.74, 6) is -0.359. The molecule has 1 N–H and O–H groups in total. The second kappa shape index (κ2) is 4.77. The Morgan fingerprint density at radius 2 is 2.12 bits per heavy atom. The Kier molecular flexibility index (Phi) is 3.53. The van der Waals surface area contributed by atoms with Crippen molar-refractivity contribution in [1.29, 1.82) is 0 Å². The molecule has 0 fully saturated rings. The van der Waals surface area contributed by atoms with E-state index < -0.39 is 10.1 Å². The second-order valence-corrected chi connectivity index (χ2v) is 6.54. The lowest BCUT2D eigenvalue weighted by molar-refractivity contribution is 0.483. The molecule has 0 bridgehead atoms. The van der Waals surface area contributed by atoms with Crippen LogP contribution in [0.4, 0.5) is 0 Å². The maximum Gasteiger partial charge on any atom is 0.265 e. The Morgan fingerprint density at radius 1 is 1.41 bits per heavy atom. The van der Waals surface area contributed by atoms with Gasteiger partial charge in [0.25, 0.3) is 10.1 Å². The number of aromatic nitrogens is 1. The van der Waals surface area contributed by atoms with Gasteiger partial charge in [-0.1, -0.05) is 24.4 Å². The van der Waals surface area contributed by atoms with Crippen molar-refractivity contribution in [2.45, 2.75) is 6.42 Å². The third-order valence-corrected chi connectivity index (χ3v) is 4.46. The quantitative estimate of drug-likeness (QED) is 0.531. The summed E-state index contributed by atoms with van der Waals surface area (Å²) in [5, 5.41) is 0.643. The maximum atomic E-state index is 10.6. The van der Waals surface area contributed by atoms with Gasteiger partial charge in [-0.15, -0.1) is 11.3 Å². The molecule has 1 aromatic carbocycles. The molecule has 0 saturated carbocycles. The van der Waals surface area contributed by atoms with E-state index in [1.165, 1.54) is 11.3 Å². The fourth-order valence-electron chi connectivity index (χ4n) is 1.32. The van der Waals surface area contributed by atoms with Gasteiger partial charge >= 0.3 is 0 Å². The average molecular weight is 287 g/mol. The number of fused-ring (bicyclic) bond motifs is 1. The van der Waals surface area contributed by atoms with Gasteiger partial charge in [0.1, 0.15) is 5.01 Å². The SMILES string of the molecule is O=S(=O)(O)CCC(=S)c1nc2ccccc2s1. The zero-order valence-corrected chi connectivity index (χ0v) is 11.1. The second-order valence-electron chi connectivity index (χ2n) is 3.45. The van der Waals surface area contributed by atoms with E-state index in [0.29, 0.717) is 9.87 Å². The predicted octanol–water partition coefficient (Wildman–Crippen LogP) is 2.29. The van der Waals surface area contributed by atoms with Gasteiger partial charge in [-0.25, -0.2) is 4.98 Å². The maximum absolute atomic E-state index is 10.6. The molecule has 1 heterocycles. The number of nitrogens with zero attached hydrogens (tertiary/aromatic N) is 1. The molecule has 0 amide bonds. The zero-order chi connectivity index (χ0) is 12.5. The van der Waals surface area contributed by atoms with Crippen molar-refractivity contribution < 1.29 is 13.0 Å². The molecule has 2 aromatic rings.